The van der Waals surface area contributed by atoms with Gasteiger partial charge in [-0.1, -0.05) is 11.3 Å². The molecule has 0 bridgehead atoms. The van der Waals surface area contributed by atoms with Crippen LogP contribution in [0.1, 0.15) is 20.7 Å². The smallest absolute Gasteiger partial charge is 0.305 e. The second-order valence-electron chi connectivity index (χ2n) is 2.99. The van der Waals surface area contributed by atoms with Crippen LogP contribution in [0.5, 0.6) is 0 Å². The Balaban J connectivity index is 2.88. The summed E-state index contributed by atoms with van der Waals surface area (Å²) in [5.41, 5.74) is -0.503. The van der Waals surface area contributed by atoms with Crippen LogP contribution in [0, 0.1) is 0 Å². The van der Waals surface area contributed by atoms with Crippen LogP contribution in [0.3, 0.4) is 0 Å². The number of carboxylic acids is 2. The van der Waals surface area contributed by atoms with Gasteiger partial charge in [0.2, 0.25) is 0 Å². The van der Waals surface area contributed by atoms with Crippen LogP contribution < -0.4 is 15.1 Å². The summed E-state index contributed by atoms with van der Waals surface area (Å²) in [6.45, 7) is 0. The Morgan fingerprint density at radius 1 is 1.19 bits per heavy atom. The normalized spacial score (nSPS) is 10.5. The number of benzene rings is 1. The average Bonchev–Trinajstić information content (AvgIpc) is 2.55. The van der Waals surface area contributed by atoms with Crippen LogP contribution >= 0.6 is 11.3 Å². The molecule has 1 aromatic heterocycles. The van der Waals surface area contributed by atoms with Crippen molar-refractivity contribution in [3.8, 4) is 0 Å². The van der Waals surface area contributed by atoms with Crippen molar-refractivity contribution in [2.75, 3.05) is 0 Å². The molecule has 1 heterocycles. The highest BCUT2D eigenvalue weighted by atomic mass is 32.1. The number of H-pyrrole nitrogens is 1. The van der Waals surface area contributed by atoms with Crippen molar-refractivity contribution >= 4 is 33.5 Å². The van der Waals surface area contributed by atoms with Crippen LogP contribution in [0.2, 0.25) is 0 Å². The van der Waals surface area contributed by atoms with Crippen molar-refractivity contribution < 1.29 is 19.8 Å². The van der Waals surface area contributed by atoms with Gasteiger partial charge in [-0.2, -0.15) is 0 Å². The SMILES string of the molecule is O=C([O-])c1cc(C(=O)[O-])c2sc(=O)[nH]c2c1. The van der Waals surface area contributed by atoms with Crippen molar-refractivity contribution in [3.05, 3.63) is 32.9 Å². The summed E-state index contributed by atoms with van der Waals surface area (Å²) in [5.74, 6) is -3.06. The summed E-state index contributed by atoms with van der Waals surface area (Å²) in [7, 11) is 0. The van der Waals surface area contributed by atoms with E-state index in [0.29, 0.717) is 11.3 Å². The van der Waals surface area contributed by atoms with Gasteiger partial charge in [-0.05, 0) is 17.7 Å². The van der Waals surface area contributed by atoms with Gasteiger partial charge in [0.1, 0.15) is 0 Å². The topological polar surface area (TPSA) is 113 Å². The van der Waals surface area contributed by atoms with Gasteiger partial charge in [0.05, 0.1) is 22.2 Å². The third-order valence-corrected chi connectivity index (χ3v) is 2.91. The zero-order valence-electron chi connectivity index (χ0n) is 7.60. The van der Waals surface area contributed by atoms with Crippen molar-refractivity contribution in [2.24, 2.45) is 0 Å². The highest BCUT2D eigenvalue weighted by Gasteiger charge is 2.09. The number of thiazole rings is 1. The van der Waals surface area contributed by atoms with Gasteiger partial charge in [0.25, 0.3) is 0 Å². The highest BCUT2D eigenvalue weighted by Crippen LogP contribution is 2.21. The first kappa shape index (κ1) is 10.4. The number of hydrogen-bond donors (Lipinski definition) is 1. The number of fused-ring (bicyclic) bond motifs is 1. The zero-order chi connectivity index (χ0) is 11.9. The van der Waals surface area contributed by atoms with Gasteiger partial charge in [0, 0.05) is 5.56 Å². The minimum atomic E-state index is -1.54. The van der Waals surface area contributed by atoms with Gasteiger partial charge in [-0.15, -0.1) is 0 Å². The van der Waals surface area contributed by atoms with Crippen LogP contribution in [0.4, 0.5) is 0 Å². The number of carbonyl (C=O) groups is 2. The molecule has 0 saturated heterocycles. The molecule has 0 amide bonds. The third kappa shape index (κ3) is 1.57. The molecule has 0 unspecified atom stereocenters. The molecule has 2 aromatic rings. The number of rotatable bonds is 2. The first-order chi connectivity index (χ1) is 7.49. The standard InChI is InChI=1S/C9H5NO5S/c11-7(12)3-1-4(8(13)14)6-5(2-3)10-9(15)16-6/h1-2H,(H,10,15)(H,11,12)(H,13,14)/p-2. The van der Waals surface area contributed by atoms with Gasteiger partial charge in [0.15, 0.2) is 0 Å². The molecule has 1 N–H and O–H groups in total. The van der Waals surface area contributed by atoms with Gasteiger partial charge in [-0.3, -0.25) is 4.79 Å². The second kappa shape index (κ2) is 3.46. The molecule has 7 heteroatoms. The quantitative estimate of drug-likeness (QED) is 0.670. The Hall–Kier alpha value is -2.15. The molecule has 16 heavy (non-hydrogen) atoms. The lowest BCUT2D eigenvalue weighted by atomic mass is 10.1. The first-order valence-electron chi connectivity index (χ1n) is 4.08. The lowest BCUT2D eigenvalue weighted by molar-refractivity contribution is -0.255. The Morgan fingerprint density at radius 3 is 2.44 bits per heavy atom. The number of carbonyl (C=O) groups excluding carboxylic acids is 2. The molecule has 0 atom stereocenters. The molecular weight excluding hydrogens is 234 g/mol. The van der Waals surface area contributed by atoms with E-state index >= 15 is 0 Å². The highest BCUT2D eigenvalue weighted by molar-refractivity contribution is 7.16. The van der Waals surface area contributed by atoms with E-state index in [1.165, 1.54) is 0 Å². The van der Waals surface area contributed by atoms with Crippen molar-refractivity contribution in [1.82, 2.24) is 4.98 Å². The molecule has 0 spiro atoms. The van der Waals surface area contributed by atoms with E-state index in [4.69, 9.17) is 0 Å². The average molecular weight is 237 g/mol. The second-order valence-corrected chi connectivity index (χ2v) is 3.97. The number of carboxylic acid groups (broad SMARTS) is 2. The summed E-state index contributed by atoms with van der Waals surface area (Å²) < 4.78 is 0.162. The fourth-order valence-corrected chi connectivity index (χ4v) is 2.15. The molecule has 0 radical (unpaired) electrons. The Kier molecular flexibility index (Phi) is 2.24. The molecular formula is C9H3NO5S-2. The van der Waals surface area contributed by atoms with E-state index in [9.17, 15) is 24.6 Å². The van der Waals surface area contributed by atoms with Gasteiger partial charge in [-0.25, -0.2) is 0 Å². The van der Waals surface area contributed by atoms with Gasteiger partial charge >= 0.3 is 4.87 Å². The van der Waals surface area contributed by atoms with Gasteiger partial charge < -0.3 is 24.8 Å². The number of aromatic amines is 1. The Bertz CT molecular complexity index is 653. The number of hydrogen-bond acceptors (Lipinski definition) is 6. The fraction of sp³-hybridized carbons (Fsp3) is 0. The molecule has 0 fully saturated rings. The minimum absolute atomic E-state index is 0.149. The predicted octanol–water partition coefficient (Wildman–Crippen LogP) is -1.68. The minimum Gasteiger partial charge on any atom is -0.545 e. The fourth-order valence-electron chi connectivity index (χ4n) is 1.33. The first-order valence-corrected chi connectivity index (χ1v) is 4.90. The summed E-state index contributed by atoms with van der Waals surface area (Å²) in [6, 6.07) is 2.06. The largest absolute Gasteiger partial charge is 0.545 e. The van der Waals surface area contributed by atoms with Crippen molar-refractivity contribution in [3.63, 3.8) is 0 Å². The Labute approximate surface area is 91.8 Å². The predicted molar refractivity (Wildman–Crippen MR) is 51.1 cm³/mol. The van der Waals surface area contributed by atoms with Crippen LogP contribution in [-0.2, 0) is 0 Å². The molecule has 1 aromatic carbocycles. The number of nitrogens with one attached hydrogen (secondary N) is 1. The maximum absolute atomic E-state index is 11.0. The van der Waals surface area contributed by atoms with Crippen molar-refractivity contribution in [2.45, 2.75) is 0 Å². The Morgan fingerprint density at radius 2 is 1.88 bits per heavy atom. The van der Waals surface area contributed by atoms with E-state index in [-0.39, 0.29) is 21.3 Å². The lowest BCUT2D eigenvalue weighted by Gasteiger charge is -2.07. The third-order valence-electron chi connectivity index (χ3n) is 1.98. The van der Waals surface area contributed by atoms with Crippen molar-refractivity contribution in [1.29, 1.82) is 0 Å². The molecule has 2 rings (SSSR count). The van der Waals surface area contributed by atoms with E-state index in [0.717, 1.165) is 12.1 Å². The molecule has 82 valence electrons. The van der Waals surface area contributed by atoms with Crippen LogP contribution in [0.25, 0.3) is 10.2 Å². The molecule has 0 aliphatic carbocycles. The van der Waals surface area contributed by atoms with E-state index in [1.807, 2.05) is 0 Å². The molecule has 0 aliphatic rings. The number of aromatic carboxylic acids is 2. The maximum Gasteiger partial charge on any atom is 0.305 e. The maximum atomic E-state index is 11.0. The molecule has 0 saturated carbocycles. The molecule has 0 aliphatic heterocycles. The zero-order valence-corrected chi connectivity index (χ0v) is 8.42. The van der Waals surface area contributed by atoms with E-state index < -0.39 is 16.8 Å². The number of aromatic nitrogens is 1. The monoisotopic (exact) mass is 237 g/mol. The van der Waals surface area contributed by atoms with Crippen LogP contribution in [-0.4, -0.2) is 16.9 Å². The van der Waals surface area contributed by atoms with E-state index in [2.05, 4.69) is 4.98 Å². The summed E-state index contributed by atoms with van der Waals surface area (Å²) in [4.78, 5) is 34.3. The lowest BCUT2D eigenvalue weighted by Crippen LogP contribution is -2.25. The van der Waals surface area contributed by atoms with Crippen LogP contribution in [0.15, 0.2) is 16.9 Å². The summed E-state index contributed by atoms with van der Waals surface area (Å²) >= 11 is 0.682. The van der Waals surface area contributed by atoms with E-state index in [1.54, 1.807) is 0 Å². The summed E-state index contributed by atoms with van der Waals surface area (Å²) in [5, 5.41) is 21.4. The molecule has 6 nitrogen and oxygen atoms in total. The summed E-state index contributed by atoms with van der Waals surface area (Å²) in [6.07, 6.45) is 0.